The van der Waals surface area contributed by atoms with E-state index in [-0.39, 0.29) is 12.4 Å². The third-order valence-electron chi connectivity index (χ3n) is 3.15. The van der Waals surface area contributed by atoms with Crippen LogP contribution in [0, 0.1) is 12.7 Å². The van der Waals surface area contributed by atoms with Crippen LogP contribution >= 0.6 is 0 Å². The predicted octanol–water partition coefficient (Wildman–Crippen LogP) is 1.72. The molecule has 21 heavy (non-hydrogen) atoms. The van der Waals surface area contributed by atoms with Crippen molar-refractivity contribution in [2.24, 2.45) is 0 Å². The molecule has 0 aliphatic heterocycles. The van der Waals surface area contributed by atoms with E-state index < -0.39 is 6.10 Å². The van der Waals surface area contributed by atoms with Gasteiger partial charge in [-0.25, -0.2) is 4.39 Å². The Bertz CT molecular complexity index is 756. The lowest BCUT2D eigenvalue weighted by molar-refractivity contribution is 0.191. The van der Waals surface area contributed by atoms with Crippen LogP contribution in [-0.4, -0.2) is 31.5 Å². The fourth-order valence-corrected chi connectivity index (χ4v) is 1.99. The molecule has 0 fully saturated rings. The molecule has 6 nitrogen and oxygen atoms in total. The maximum absolute atomic E-state index is 12.8. The molecule has 3 aromatic rings. The van der Waals surface area contributed by atoms with Crippen molar-refractivity contribution in [2.75, 3.05) is 11.9 Å². The number of aliphatic hydroxyl groups is 1. The summed E-state index contributed by atoms with van der Waals surface area (Å²) in [6.07, 6.45) is -0.745. The Balaban J connectivity index is 1.70. The zero-order valence-electron chi connectivity index (χ0n) is 11.4. The molecule has 0 spiro atoms. The lowest BCUT2D eigenvalue weighted by atomic mass is 10.1. The standard InChI is InChI=1S/C14H14FN5O/c1-9-17-18-14-7-6-13(19-20(9)14)16-8-12(21)10-2-4-11(15)5-3-10/h2-7,12,21H,8H2,1H3,(H,16,19). The molecule has 1 unspecified atom stereocenters. The highest BCUT2D eigenvalue weighted by Gasteiger charge is 2.09. The predicted molar refractivity (Wildman–Crippen MR) is 75.4 cm³/mol. The Morgan fingerprint density at radius 3 is 2.71 bits per heavy atom. The summed E-state index contributed by atoms with van der Waals surface area (Å²) in [6, 6.07) is 9.32. The number of benzene rings is 1. The van der Waals surface area contributed by atoms with E-state index in [4.69, 9.17) is 0 Å². The second-order valence-electron chi connectivity index (χ2n) is 4.68. The number of hydrogen-bond donors (Lipinski definition) is 2. The van der Waals surface area contributed by atoms with Crippen molar-refractivity contribution in [2.45, 2.75) is 13.0 Å². The first-order valence-corrected chi connectivity index (χ1v) is 6.50. The number of aryl methyl sites for hydroxylation is 1. The minimum absolute atomic E-state index is 0.269. The first-order valence-electron chi connectivity index (χ1n) is 6.50. The fourth-order valence-electron chi connectivity index (χ4n) is 1.99. The molecule has 0 saturated heterocycles. The minimum Gasteiger partial charge on any atom is -0.387 e. The van der Waals surface area contributed by atoms with Crippen LogP contribution in [0.5, 0.6) is 0 Å². The van der Waals surface area contributed by atoms with E-state index in [1.54, 1.807) is 28.8 Å². The Hall–Kier alpha value is -2.54. The van der Waals surface area contributed by atoms with Gasteiger partial charge in [0.05, 0.1) is 6.10 Å². The van der Waals surface area contributed by atoms with Gasteiger partial charge in [0.15, 0.2) is 11.5 Å². The van der Waals surface area contributed by atoms with Gasteiger partial charge >= 0.3 is 0 Å². The summed E-state index contributed by atoms with van der Waals surface area (Å²) < 4.78 is 14.5. The van der Waals surface area contributed by atoms with Crippen LogP contribution in [0.15, 0.2) is 36.4 Å². The largest absolute Gasteiger partial charge is 0.387 e. The van der Waals surface area contributed by atoms with Crippen molar-refractivity contribution in [3.05, 3.63) is 53.6 Å². The minimum atomic E-state index is -0.745. The van der Waals surface area contributed by atoms with Crippen molar-refractivity contribution in [3.8, 4) is 0 Å². The van der Waals surface area contributed by atoms with Crippen LogP contribution in [0.25, 0.3) is 5.65 Å². The summed E-state index contributed by atoms with van der Waals surface area (Å²) in [4.78, 5) is 0. The molecule has 2 aromatic heterocycles. The van der Waals surface area contributed by atoms with Crippen molar-refractivity contribution in [3.63, 3.8) is 0 Å². The molecule has 1 atom stereocenters. The molecular weight excluding hydrogens is 273 g/mol. The van der Waals surface area contributed by atoms with E-state index in [2.05, 4.69) is 20.6 Å². The van der Waals surface area contributed by atoms with Crippen molar-refractivity contribution in [1.29, 1.82) is 0 Å². The zero-order chi connectivity index (χ0) is 14.8. The second-order valence-corrected chi connectivity index (χ2v) is 4.68. The van der Waals surface area contributed by atoms with Crippen molar-refractivity contribution >= 4 is 11.5 Å². The highest BCUT2D eigenvalue weighted by molar-refractivity contribution is 5.44. The number of rotatable bonds is 4. The average molecular weight is 287 g/mol. The molecule has 7 heteroatoms. The van der Waals surface area contributed by atoms with Gasteiger partial charge in [-0.15, -0.1) is 15.3 Å². The number of fused-ring (bicyclic) bond motifs is 1. The van der Waals surface area contributed by atoms with Gasteiger partial charge in [-0.05, 0) is 36.8 Å². The van der Waals surface area contributed by atoms with Crippen LogP contribution in [0.1, 0.15) is 17.5 Å². The number of nitrogens with zero attached hydrogens (tertiary/aromatic N) is 4. The summed E-state index contributed by atoms with van der Waals surface area (Å²) in [6.45, 7) is 2.08. The summed E-state index contributed by atoms with van der Waals surface area (Å²) >= 11 is 0. The maximum atomic E-state index is 12.8. The first kappa shape index (κ1) is 13.4. The highest BCUT2D eigenvalue weighted by atomic mass is 19.1. The van der Waals surface area contributed by atoms with Crippen LogP contribution in [0.2, 0.25) is 0 Å². The van der Waals surface area contributed by atoms with Gasteiger partial charge in [0.1, 0.15) is 11.6 Å². The van der Waals surface area contributed by atoms with Crippen LogP contribution < -0.4 is 5.32 Å². The molecule has 0 aliphatic rings. The number of aromatic nitrogens is 4. The summed E-state index contributed by atoms with van der Waals surface area (Å²) in [5, 5.41) is 25.3. The molecule has 2 heterocycles. The van der Waals surface area contributed by atoms with Gasteiger partial charge < -0.3 is 10.4 Å². The topological polar surface area (TPSA) is 75.3 Å². The fraction of sp³-hybridized carbons (Fsp3) is 0.214. The molecule has 0 radical (unpaired) electrons. The van der Waals surface area contributed by atoms with E-state index in [1.165, 1.54) is 12.1 Å². The molecule has 3 rings (SSSR count). The number of halogens is 1. The highest BCUT2D eigenvalue weighted by Crippen LogP contribution is 2.14. The third kappa shape index (κ3) is 2.82. The summed E-state index contributed by atoms with van der Waals surface area (Å²) in [5.41, 5.74) is 1.31. The van der Waals surface area contributed by atoms with Gasteiger partial charge in [-0.3, -0.25) is 0 Å². The maximum Gasteiger partial charge on any atom is 0.178 e. The monoisotopic (exact) mass is 287 g/mol. The summed E-state index contributed by atoms with van der Waals surface area (Å²) in [5.74, 6) is 0.966. The van der Waals surface area contributed by atoms with E-state index in [1.807, 2.05) is 6.92 Å². The number of nitrogens with one attached hydrogen (secondary N) is 1. The Morgan fingerprint density at radius 2 is 1.95 bits per heavy atom. The lowest BCUT2D eigenvalue weighted by Crippen LogP contribution is -2.14. The third-order valence-corrected chi connectivity index (χ3v) is 3.15. The Kier molecular flexibility index (Phi) is 3.49. The van der Waals surface area contributed by atoms with Gasteiger partial charge in [0.2, 0.25) is 0 Å². The SMILES string of the molecule is Cc1nnc2ccc(NCC(O)c3ccc(F)cc3)nn12. The molecule has 0 bridgehead atoms. The summed E-state index contributed by atoms with van der Waals surface area (Å²) in [7, 11) is 0. The smallest absolute Gasteiger partial charge is 0.178 e. The Labute approximate surface area is 120 Å². The number of aliphatic hydroxyl groups excluding tert-OH is 1. The first-order chi connectivity index (χ1) is 10.1. The molecule has 1 aromatic carbocycles. The second kappa shape index (κ2) is 5.45. The average Bonchev–Trinajstić information content (AvgIpc) is 2.87. The van der Waals surface area contributed by atoms with Crippen molar-refractivity contribution in [1.82, 2.24) is 19.8 Å². The number of anilines is 1. The molecule has 108 valence electrons. The lowest BCUT2D eigenvalue weighted by Gasteiger charge is -2.12. The van der Waals surface area contributed by atoms with Crippen LogP contribution in [0.4, 0.5) is 10.2 Å². The van der Waals surface area contributed by atoms with Crippen LogP contribution in [-0.2, 0) is 0 Å². The number of hydrogen-bond acceptors (Lipinski definition) is 5. The molecule has 0 amide bonds. The quantitative estimate of drug-likeness (QED) is 0.764. The Morgan fingerprint density at radius 1 is 1.19 bits per heavy atom. The molecule has 0 saturated carbocycles. The van der Waals surface area contributed by atoms with Gasteiger partial charge in [-0.1, -0.05) is 12.1 Å². The van der Waals surface area contributed by atoms with Gasteiger partial charge in [0, 0.05) is 6.54 Å². The van der Waals surface area contributed by atoms with Crippen LogP contribution in [0.3, 0.4) is 0 Å². The van der Waals surface area contributed by atoms with Crippen molar-refractivity contribution < 1.29 is 9.50 Å². The van der Waals surface area contributed by atoms with E-state index in [0.717, 1.165) is 0 Å². The van der Waals surface area contributed by atoms with E-state index >= 15 is 0 Å². The normalized spacial score (nSPS) is 12.5. The molecule has 0 aliphatic carbocycles. The van der Waals surface area contributed by atoms with E-state index in [0.29, 0.717) is 22.9 Å². The van der Waals surface area contributed by atoms with E-state index in [9.17, 15) is 9.50 Å². The molecular formula is C14H14FN5O. The zero-order valence-corrected chi connectivity index (χ0v) is 11.4. The van der Waals surface area contributed by atoms with Gasteiger partial charge in [0.25, 0.3) is 0 Å². The molecule has 2 N–H and O–H groups in total. The van der Waals surface area contributed by atoms with Gasteiger partial charge in [-0.2, -0.15) is 4.52 Å².